The number of para-hydroxylation sites is 1. The van der Waals surface area contributed by atoms with Gasteiger partial charge in [-0.25, -0.2) is 0 Å². The van der Waals surface area contributed by atoms with Gasteiger partial charge in [0, 0.05) is 31.7 Å². The van der Waals surface area contributed by atoms with Gasteiger partial charge in [0.1, 0.15) is 11.4 Å². The van der Waals surface area contributed by atoms with Crippen LogP contribution in [-0.2, 0) is 17.8 Å². The summed E-state index contributed by atoms with van der Waals surface area (Å²) < 4.78 is 17.3. The minimum atomic E-state index is -0.176. The van der Waals surface area contributed by atoms with E-state index in [1.165, 1.54) is 5.56 Å². The number of benzene rings is 2. The van der Waals surface area contributed by atoms with E-state index in [0.717, 1.165) is 50.1 Å². The second-order valence-corrected chi connectivity index (χ2v) is 9.17. The predicted molar refractivity (Wildman–Crippen MR) is 124 cm³/mol. The summed E-state index contributed by atoms with van der Waals surface area (Å²) in [5, 5.41) is 0. The van der Waals surface area contributed by atoms with Gasteiger partial charge in [0.25, 0.3) is 0 Å². The molecule has 32 heavy (non-hydrogen) atoms. The summed E-state index contributed by atoms with van der Waals surface area (Å²) in [5.41, 5.74) is 2.00. The summed E-state index contributed by atoms with van der Waals surface area (Å²) >= 11 is 0. The van der Waals surface area contributed by atoms with Gasteiger partial charge in [-0.3, -0.25) is 9.69 Å². The number of ether oxygens (including phenoxy) is 3. The Bertz CT molecular complexity index is 953. The molecule has 6 heteroatoms. The van der Waals surface area contributed by atoms with E-state index in [0.29, 0.717) is 17.9 Å². The Morgan fingerprint density at radius 1 is 1.12 bits per heavy atom. The molecule has 2 aromatic carbocycles. The molecule has 6 nitrogen and oxygen atoms in total. The highest BCUT2D eigenvalue weighted by atomic mass is 16.5. The lowest BCUT2D eigenvalue weighted by molar-refractivity contribution is -0.133. The molecule has 1 amide bonds. The Kier molecular flexibility index (Phi) is 6.60. The maximum absolute atomic E-state index is 13.0. The van der Waals surface area contributed by atoms with Gasteiger partial charge >= 0.3 is 0 Å². The van der Waals surface area contributed by atoms with Gasteiger partial charge in [0.15, 0.2) is 11.5 Å². The molecule has 1 saturated carbocycles. The fraction of sp³-hybridized carbons (Fsp3) is 0.500. The molecule has 2 aliphatic rings. The monoisotopic (exact) mass is 438 g/mol. The number of fused-ring (bicyclic) bond motifs is 1. The van der Waals surface area contributed by atoms with E-state index in [-0.39, 0.29) is 17.6 Å². The molecule has 0 saturated heterocycles. The van der Waals surface area contributed by atoms with Gasteiger partial charge in [-0.15, -0.1) is 0 Å². The van der Waals surface area contributed by atoms with Crippen molar-refractivity contribution in [1.29, 1.82) is 0 Å². The molecule has 1 spiro atoms. The van der Waals surface area contributed by atoms with E-state index in [1.807, 2.05) is 36.2 Å². The van der Waals surface area contributed by atoms with Crippen molar-refractivity contribution in [1.82, 2.24) is 9.80 Å². The molecule has 4 rings (SSSR count). The fourth-order valence-corrected chi connectivity index (χ4v) is 5.11. The Morgan fingerprint density at radius 2 is 1.84 bits per heavy atom. The van der Waals surface area contributed by atoms with Crippen LogP contribution < -0.4 is 14.2 Å². The summed E-state index contributed by atoms with van der Waals surface area (Å²) in [6, 6.07) is 14.2. The summed E-state index contributed by atoms with van der Waals surface area (Å²) in [6.07, 6.45) is 4.15. The molecule has 0 aromatic heterocycles. The molecule has 1 aliphatic heterocycles. The van der Waals surface area contributed by atoms with Gasteiger partial charge in [-0.05, 0) is 56.5 Å². The number of carbonyl (C=O) groups is 1. The molecule has 1 fully saturated rings. The number of amides is 1. The summed E-state index contributed by atoms with van der Waals surface area (Å²) in [7, 11) is 7.32. The fourth-order valence-electron chi connectivity index (χ4n) is 5.11. The third-order valence-corrected chi connectivity index (χ3v) is 6.91. The van der Waals surface area contributed by atoms with Crippen molar-refractivity contribution in [2.24, 2.45) is 0 Å². The molecule has 1 aliphatic carbocycles. The van der Waals surface area contributed by atoms with E-state index in [4.69, 9.17) is 14.2 Å². The van der Waals surface area contributed by atoms with E-state index in [9.17, 15) is 4.79 Å². The highest BCUT2D eigenvalue weighted by Gasteiger charge is 2.41. The van der Waals surface area contributed by atoms with Crippen LogP contribution in [0.1, 0.15) is 36.8 Å². The van der Waals surface area contributed by atoms with Gasteiger partial charge in [0.05, 0.1) is 20.6 Å². The van der Waals surface area contributed by atoms with Crippen molar-refractivity contribution < 1.29 is 19.0 Å². The lowest BCUT2D eigenvalue weighted by Gasteiger charge is -2.43. The standard InChI is InChI=1S/C26H34N2O4/c1-27-17-20-7-5-6-8-22(20)32-26(18-27)13-11-21(12-14-26)28(2)25(29)16-19-9-10-23(30-3)24(15-19)31-4/h5-10,15,21H,11-14,16-18H2,1-4H3. The molecule has 0 unspecified atom stereocenters. The summed E-state index contributed by atoms with van der Waals surface area (Å²) in [5.74, 6) is 2.45. The average Bonchev–Trinajstić information content (AvgIpc) is 2.93. The number of hydrogen-bond donors (Lipinski definition) is 0. The molecule has 2 aromatic rings. The third kappa shape index (κ3) is 4.70. The molecule has 0 N–H and O–H groups in total. The molecule has 0 atom stereocenters. The van der Waals surface area contributed by atoms with Gasteiger partial charge < -0.3 is 19.1 Å². The van der Waals surface area contributed by atoms with Crippen molar-refractivity contribution in [3.05, 3.63) is 53.6 Å². The van der Waals surface area contributed by atoms with Crippen LogP contribution in [0, 0.1) is 0 Å². The first-order valence-corrected chi connectivity index (χ1v) is 11.3. The maximum Gasteiger partial charge on any atom is 0.226 e. The van der Waals surface area contributed by atoms with Crippen molar-refractivity contribution in [2.75, 3.05) is 34.9 Å². The lowest BCUT2D eigenvalue weighted by Crippen LogP contribution is -2.51. The van der Waals surface area contributed by atoms with Crippen LogP contribution in [0.2, 0.25) is 0 Å². The zero-order valence-electron chi connectivity index (χ0n) is 19.6. The smallest absolute Gasteiger partial charge is 0.226 e. The van der Waals surface area contributed by atoms with Crippen LogP contribution in [0.5, 0.6) is 17.2 Å². The quantitative estimate of drug-likeness (QED) is 0.709. The second-order valence-electron chi connectivity index (χ2n) is 9.17. The van der Waals surface area contributed by atoms with Crippen LogP contribution in [0.3, 0.4) is 0 Å². The van der Waals surface area contributed by atoms with Crippen molar-refractivity contribution >= 4 is 5.91 Å². The summed E-state index contributed by atoms with van der Waals surface area (Å²) in [4.78, 5) is 17.3. The third-order valence-electron chi connectivity index (χ3n) is 6.91. The number of nitrogens with zero attached hydrogens (tertiary/aromatic N) is 2. The summed E-state index contributed by atoms with van der Waals surface area (Å²) in [6.45, 7) is 1.82. The van der Waals surface area contributed by atoms with E-state index < -0.39 is 0 Å². The predicted octanol–water partition coefficient (Wildman–Crippen LogP) is 3.91. The molecular weight excluding hydrogens is 404 g/mol. The van der Waals surface area contributed by atoms with Crippen LogP contribution in [0.4, 0.5) is 0 Å². The average molecular weight is 439 g/mol. The van der Waals surface area contributed by atoms with Crippen molar-refractivity contribution in [3.8, 4) is 17.2 Å². The Balaban J connectivity index is 1.39. The van der Waals surface area contributed by atoms with Gasteiger partial charge in [0.2, 0.25) is 5.91 Å². The van der Waals surface area contributed by atoms with Gasteiger partial charge in [-0.1, -0.05) is 24.3 Å². The zero-order chi connectivity index (χ0) is 22.7. The van der Waals surface area contributed by atoms with Crippen LogP contribution in [0.15, 0.2) is 42.5 Å². The number of rotatable bonds is 5. The van der Waals surface area contributed by atoms with E-state index >= 15 is 0 Å². The molecule has 0 radical (unpaired) electrons. The SMILES string of the molecule is COc1ccc(CC(=O)N(C)C2CCC3(CC2)CN(C)Cc2ccccc2O3)cc1OC. The number of likely N-dealkylation sites (N-methyl/N-ethyl adjacent to an activating group) is 2. The van der Waals surface area contributed by atoms with Crippen molar-refractivity contribution in [2.45, 2.75) is 50.3 Å². The van der Waals surface area contributed by atoms with Crippen LogP contribution >= 0.6 is 0 Å². The normalized spacial score (nSPS) is 23.1. The Labute approximate surface area is 191 Å². The van der Waals surface area contributed by atoms with E-state index in [1.54, 1.807) is 14.2 Å². The Hall–Kier alpha value is -2.73. The number of carbonyl (C=O) groups excluding carboxylic acids is 1. The lowest BCUT2D eigenvalue weighted by atomic mass is 9.81. The first kappa shape index (κ1) is 22.5. The maximum atomic E-state index is 13.0. The number of hydrogen-bond acceptors (Lipinski definition) is 5. The molecule has 1 heterocycles. The van der Waals surface area contributed by atoms with E-state index in [2.05, 4.69) is 30.1 Å². The van der Waals surface area contributed by atoms with Crippen molar-refractivity contribution in [3.63, 3.8) is 0 Å². The first-order valence-electron chi connectivity index (χ1n) is 11.3. The zero-order valence-corrected chi connectivity index (χ0v) is 19.6. The first-order chi connectivity index (χ1) is 15.4. The van der Waals surface area contributed by atoms with Crippen LogP contribution in [0.25, 0.3) is 0 Å². The minimum Gasteiger partial charge on any atom is -0.493 e. The molecule has 0 bridgehead atoms. The second kappa shape index (κ2) is 9.41. The molecular formula is C26H34N2O4. The highest BCUT2D eigenvalue weighted by molar-refractivity contribution is 5.79. The number of methoxy groups -OCH3 is 2. The molecule has 172 valence electrons. The Morgan fingerprint density at radius 3 is 2.56 bits per heavy atom. The minimum absolute atomic E-state index is 0.127. The topological polar surface area (TPSA) is 51.2 Å². The van der Waals surface area contributed by atoms with Crippen LogP contribution in [-0.4, -0.2) is 62.2 Å². The highest BCUT2D eigenvalue weighted by Crippen LogP contribution is 2.39. The van der Waals surface area contributed by atoms with Gasteiger partial charge in [-0.2, -0.15) is 0 Å². The largest absolute Gasteiger partial charge is 0.493 e.